The molecule has 6 nitrogen and oxygen atoms in total. The third kappa shape index (κ3) is 3.86. The number of rotatable bonds is 3. The average Bonchev–Trinajstić information content (AvgIpc) is 2.71. The zero-order valence-corrected chi connectivity index (χ0v) is 16.5. The van der Waals surface area contributed by atoms with E-state index in [1.807, 2.05) is 31.2 Å². The van der Waals surface area contributed by atoms with Crippen LogP contribution in [0.2, 0.25) is 0 Å². The van der Waals surface area contributed by atoms with Crippen molar-refractivity contribution in [2.24, 2.45) is 0 Å². The van der Waals surface area contributed by atoms with Crippen LogP contribution in [0.1, 0.15) is 42.5 Å². The molecular weight excluding hydrogens is 397 g/mol. The van der Waals surface area contributed by atoms with Crippen molar-refractivity contribution in [3.05, 3.63) is 47.3 Å². The minimum Gasteiger partial charge on any atom is -0.393 e. The fourth-order valence-electron chi connectivity index (χ4n) is 4.28. The van der Waals surface area contributed by atoms with E-state index in [9.17, 15) is 23.1 Å². The summed E-state index contributed by atoms with van der Waals surface area (Å²) >= 11 is 0. The highest BCUT2D eigenvalue weighted by Gasteiger charge is 2.51. The van der Waals surface area contributed by atoms with Gasteiger partial charge in [-0.3, -0.25) is 4.79 Å². The molecule has 1 aromatic carbocycles. The molecule has 0 saturated heterocycles. The summed E-state index contributed by atoms with van der Waals surface area (Å²) in [6, 6.07) is 7.61. The molecule has 0 atom stereocenters. The van der Waals surface area contributed by atoms with Gasteiger partial charge in [0.15, 0.2) is 0 Å². The second-order valence-corrected chi connectivity index (χ2v) is 8.08. The van der Waals surface area contributed by atoms with Crippen LogP contribution >= 0.6 is 0 Å². The number of hydrogen-bond donors (Lipinski definition) is 2. The molecule has 2 aliphatic rings. The summed E-state index contributed by atoms with van der Waals surface area (Å²) in [5.74, 6) is -0.278. The highest BCUT2D eigenvalue weighted by Crippen LogP contribution is 2.45. The number of aromatic nitrogens is 2. The van der Waals surface area contributed by atoms with Gasteiger partial charge in [0.05, 0.1) is 23.8 Å². The topological polar surface area (TPSA) is 78.3 Å². The van der Waals surface area contributed by atoms with Gasteiger partial charge in [-0.25, -0.2) is 9.97 Å². The monoisotopic (exact) mass is 420 g/mol. The third-order valence-electron chi connectivity index (χ3n) is 5.90. The molecule has 1 fully saturated rings. The molecule has 9 heteroatoms. The standard InChI is InChI=1S/C21H23F3N4O2/c1-13-2-4-15(5-3-13)28-11-14-10-25-19(26-12-21(22,23)24)27-17(14)20(18(28)30)8-6-16(29)7-9-20/h2-5,10,16,29H,6-9,11-12H2,1H3,(H,25,26,27). The van der Waals surface area contributed by atoms with Gasteiger partial charge in [-0.2, -0.15) is 13.2 Å². The summed E-state index contributed by atoms with van der Waals surface area (Å²) in [5, 5.41) is 12.2. The first-order valence-electron chi connectivity index (χ1n) is 9.92. The molecule has 1 spiro atoms. The van der Waals surface area contributed by atoms with E-state index < -0.39 is 24.2 Å². The summed E-state index contributed by atoms with van der Waals surface area (Å²) in [4.78, 5) is 23.8. The summed E-state index contributed by atoms with van der Waals surface area (Å²) < 4.78 is 37.8. The van der Waals surface area contributed by atoms with Gasteiger partial charge in [0, 0.05) is 17.4 Å². The minimum atomic E-state index is -4.40. The van der Waals surface area contributed by atoms with Crippen LogP contribution in [0, 0.1) is 6.92 Å². The molecule has 160 valence electrons. The quantitative estimate of drug-likeness (QED) is 0.795. The van der Waals surface area contributed by atoms with E-state index in [-0.39, 0.29) is 18.4 Å². The number of aryl methyl sites for hydroxylation is 1. The third-order valence-corrected chi connectivity index (χ3v) is 5.90. The second-order valence-electron chi connectivity index (χ2n) is 8.08. The van der Waals surface area contributed by atoms with Gasteiger partial charge in [0.2, 0.25) is 11.9 Å². The number of halogens is 3. The average molecular weight is 420 g/mol. The minimum absolute atomic E-state index is 0.133. The van der Waals surface area contributed by atoms with Gasteiger partial charge in [-0.15, -0.1) is 0 Å². The molecule has 4 rings (SSSR count). The fraction of sp³-hybridized carbons (Fsp3) is 0.476. The molecule has 1 saturated carbocycles. The summed E-state index contributed by atoms with van der Waals surface area (Å²) in [7, 11) is 0. The Morgan fingerprint density at radius 2 is 1.90 bits per heavy atom. The van der Waals surface area contributed by atoms with Gasteiger partial charge >= 0.3 is 6.18 Å². The first-order chi connectivity index (χ1) is 14.2. The van der Waals surface area contributed by atoms with E-state index in [4.69, 9.17) is 0 Å². The number of aliphatic hydroxyl groups is 1. The maximum Gasteiger partial charge on any atom is 0.405 e. The molecule has 1 amide bonds. The lowest BCUT2D eigenvalue weighted by Gasteiger charge is -2.45. The van der Waals surface area contributed by atoms with Gasteiger partial charge in [0.25, 0.3) is 0 Å². The van der Waals surface area contributed by atoms with Crippen molar-refractivity contribution >= 4 is 17.5 Å². The van der Waals surface area contributed by atoms with Gasteiger partial charge in [-0.05, 0) is 44.7 Å². The number of nitrogens with one attached hydrogen (secondary N) is 1. The van der Waals surface area contributed by atoms with Crippen molar-refractivity contribution in [1.29, 1.82) is 0 Å². The van der Waals surface area contributed by atoms with Crippen LogP contribution in [-0.2, 0) is 16.8 Å². The molecule has 30 heavy (non-hydrogen) atoms. The summed E-state index contributed by atoms with van der Waals surface area (Å²) in [6.07, 6.45) is -1.75. The number of alkyl halides is 3. The predicted molar refractivity (Wildman–Crippen MR) is 105 cm³/mol. The van der Waals surface area contributed by atoms with E-state index >= 15 is 0 Å². The smallest absolute Gasteiger partial charge is 0.393 e. The summed E-state index contributed by atoms with van der Waals surface area (Å²) in [6.45, 7) is 0.965. The van der Waals surface area contributed by atoms with Crippen LogP contribution in [0.25, 0.3) is 0 Å². The highest BCUT2D eigenvalue weighted by atomic mass is 19.4. The van der Waals surface area contributed by atoms with Gasteiger partial charge in [0.1, 0.15) is 6.54 Å². The molecule has 1 aromatic heterocycles. The number of aliphatic hydroxyl groups excluding tert-OH is 1. The lowest BCUT2D eigenvalue weighted by Crippen LogP contribution is -2.54. The number of nitrogens with zero attached hydrogens (tertiary/aromatic N) is 3. The van der Waals surface area contributed by atoms with Crippen LogP contribution in [-0.4, -0.2) is 39.8 Å². The van der Waals surface area contributed by atoms with Crippen molar-refractivity contribution in [3.63, 3.8) is 0 Å². The number of amides is 1. The van der Waals surface area contributed by atoms with Crippen LogP contribution < -0.4 is 10.2 Å². The zero-order valence-electron chi connectivity index (χ0n) is 16.5. The molecule has 1 aliphatic heterocycles. The summed E-state index contributed by atoms with van der Waals surface area (Å²) in [5.41, 5.74) is 2.03. The van der Waals surface area contributed by atoms with E-state index in [0.717, 1.165) is 11.3 Å². The van der Waals surface area contributed by atoms with Crippen LogP contribution in [0.15, 0.2) is 30.5 Å². The van der Waals surface area contributed by atoms with Crippen molar-refractivity contribution in [2.75, 3.05) is 16.8 Å². The predicted octanol–water partition coefficient (Wildman–Crippen LogP) is 3.48. The Kier molecular flexibility index (Phi) is 5.17. The zero-order chi connectivity index (χ0) is 21.5. The SMILES string of the molecule is Cc1ccc(N2Cc3cnc(NCC(F)(F)F)nc3C3(CCC(O)CC3)C2=O)cc1. The Labute approximate surface area is 172 Å². The molecule has 1 aliphatic carbocycles. The van der Waals surface area contributed by atoms with Crippen molar-refractivity contribution in [1.82, 2.24) is 9.97 Å². The van der Waals surface area contributed by atoms with E-state index in [1.165, 1.54) is 6.20 Å². The Morgan fingerprint density at radius 1 is 1.23 bits per heavy atom. The Morgan fingerprint density at radius 3 is 2.53 bits per heavy atom. The second kappa shape index (κ2) is 7.54. The van der Waals surface area contributed by atoms with E-state index in [0.29, 0.717) is 36.9 Å². The molecule has 2 heterocycles. The number of carbonyl (C=O) groups is 1. The maximum absolute atomic E-state index is 13.7. The Bertz CT molecular complexity index is 938. The Hall–Kier alpha value is -2.68. The largest absolute Gasteiger partial charge is 0.405 e. The Balaban J connectivity index is 1.74. The molecular formula is C21H23F3N4O2. The fourth-order valence-corrected chi connectivity index (χ4v) is 4.28. The first kappa shape index (κ1) is 20.6. The van der Waals surface area contributed by atoms with Gasteiger partial charge in [-0.1, -0.05) is 17.7 Å². The lowest BCUT2D eigenvalue weighted by atomic mass is 9.67. The number of benzene rings is 1. The van der Waals surface area contributed by atoms with Crippen molar-refractivity contribution < 1.29 is 23.1 Å². The van der Waals surface area contributed by atoms with Gasteiger partial charge < -0.3 is 15.3 Å². The molecule has 2 N–H and O–H groups in total. The van der Waals surface area contributed by atoms with E-state index in [1.54, 1.807) is 4.90 Å². The van der Waals surface area contributed by atoms with Crippen LogP contribution in [0.3, 0.4) is 0 Å². The molecule has 0 radical (unpaired) electrons. The molecule has 0 unspecified atom stereocenters. The first-order valence-corrected chi connectivity index (χ1v) is 9.92. The highest BCUT2D eigenvalue weighted by molar-refractivity contribution is 6.02. The lowest BCUT2D eigenvalue weighted by molar-refractivity contribution is -0.127. The van der Waals surface area contributed by atoms with E-state index in [2.05, 4.69) is 15.3 Å². The number of anilines is 2. The normalized spacial score (nSPS) is 24.1. The molecule has 0 bridgehead atoms. The van der Waals surface area contributed by atoms with Crippen molar-refractivity contribution in [2.45, 2.75) is 56.8 Å². The molecule has 2 aromatic rings. The number of carbonyl (C=O) groups excluding carboxylic acids is 1. The number of fused-ring (bicyclic) bond motifs is 2. The maximum atomic E-state index is 13.7. The van der Waals surface area contributed by atoms with Crippen LogP contribution in [0.5, 0.6) is 0 Å². The number of hydrogen-bond acceptors (Lipinski definition) is 5. The van der Waals surface area contributed by atoms with Crippen LogP contribution in [0.4, 0.5) is 24.8 Å². The van der Waals surface area contributed by atoms with Crippen molar-refractivity contribution in [3.8, 4) is 0 Å².